The molecule has 1 amide bonds. The Morgan fingerprint density at radius 2 is 1.84 bits per heavy atom. The van der Waals surface area contributed by atoms with E-state index in [0.717, 1.165) is 4.90 Å². The summed E-state index contributed by atoms with van der Waals surface area (Å²) in [6.07, 6.45) is 1.96. The molecule has 0 aliphatic heterocycles. The third-order valence-electron chi connectivity index (χ3n) is 4.20. The van der Waals surface area contributed by atoms with Gasteiger partial charge in [-0.2, -0.15) is 0 Å². The van der Waals surface area contributed by atoms with E-state index >= 15 is 0 Å². The summed E-state index contributed by atoms with van der Waals surface area (Å²) in [7, 11) is 3.29. The molecule has 6 heteroatoms. The number of carbonyl (C=O) groups is 1. The Kier molecular flexibility index (Phi) is 4.88. The van der Waals surface area contributed by atoms with Crippen molar-refractivity contribution in [2.24, 2.45) is 7.05 Å². The third-order valence-corrected chi connectivity index (χ3v) is 5.32. The minimum atomic E-state index is -0.423. The molecule has 0 N–H and O–H groups in total. The zero-order valence-corrected chi connectivity index (χ0v) is 15.7. The second-order valence-corrected chi connectivity index (χ2v) is 6.89. The largest absolute Gasteiger partial charge is 0.311 e. The second-order valence-electron chi connectivity index (χ2n) is 5.64. The van der Waals surface area contributed by atoms with E-state index in [4.69, 9.17) is 11.6 Å². The van der Waals surface area contributed by atoms with Crippen molar-refractivity contribution in [2.45, 2.75) is 4.90 Å². The Balaban J connectivity index is 2.22. The van der Waals surface area contributed by atoms with E-state index in [2.05, 4.69) is 0 Å². The van der Waals surface area contributed by atoms with Crippen LogP contribution in [0.25, 0.3) is 10.9 Å². The number of rotatable bonds is 3. The van der Waals surface area contributed by atoms with E-state index in [1.54, 1.807) is 25.9 Å². The molecule has 2 aromatic carbocycles. The van der Waals surface area contributed by atoms with Crippen LogP contribution in [-0.2, 0) is 7.05 Å². The fourth-order valence-corrected chi connectivity index (χ4v) is 3.49. The van der Waals surface area contributed by atoms with Crippen molar-refractivity contribution >= 4 is 45.9 Å². The summed E-state index contributed by atoms with van der Waals surface area (Å²) in [6.45, 7) is 0. The van der Waals surface area contributed by atoms with Gasteiger partial charge in [0.05, 0.1) is 10.5 Å². The summed E-state index contributed by atoms with van der Waals surface area (Å²) >= 11 is 8.08. The number of carbonyl (C=O) groups excluding carboxylic acids is 1. The van der Waals surface area contributed by atoms with Gasteiger partial charge < -0.3 is 9.47 Å². The van der Waals surface area contributed by atoms with Crippen molar-refractivity contribution in [2.75, 3.05) is 18.2 Å². The molecule has 0 bridgehead atoms. The summed E-state index contributed by atoms with van der Waals surface area (Å²) in [5.74, 6) is -0.423. The number of para-hydroxylation sites is 1. The molecular weight excluding hydrogens is 356 g/mol. The highest BCUT2D eigenvalue weighted by Crippen LogP contribution is 2.29. The van der Waals surface area contributed by atoms with Crippen molar-refractivity contribution in [1.29, 1.82) is 0 Å². The molecule has 1 heterocycles. The third kappa shape index (κ3) is 3.05. The van der Waals surface area contributed by atoms with Crippen LogP contribution in [-0.4, -0.2) is 23.8 Å². The highest BCUT2D eigenvalue weighted by molar-refractivity contribution is 7.98. The lowest BCUT2D eigenvalue weighted by Crippen LogP contribution is -2.34. The van der Waals surface area contributed by atoms with Gasteiger partial charge in [-0.15, -0.1) is 11.8 Å². The van der Waals surface area contributed by atoms with Crippen LogP contribution < -0.4 is 10.5 Å². The minimum Gasteiger partial charge on any atom is -0.311 e. The first kappa shape index (κ1) is 17.6. The SMILES string of the molecule is CSc1ccc2c(c1)c(Cl)c(C(=O)N(C)c1ccccc1)c(=O)n2C. The topological polar surface area (TPSA) is 42.3 Å². The Morgan fingerprint density at radius 1 is 1.16 bits per heavy atom. The molecule has 0 atom stereocenters. The van der Waals surface area contributed by atoms with Crippen LogP contribution >= 0.6 is 23.4 Å². The van der Waals surface area contributed by atoms with Crippen LogP contribution in [0.15, 0.2) is 58.2 Å². The first-order valence-corrected chi connectivity index (χ1v) is 9.25. The summed E-state index contributed by atoms with van der Waals surface area (Å²) in [5, 5.41) is 0.891. The van der Waals surface area contributed by atoms with Gasteiger partial charge in [-0.05, 0) is 36.6 Å². The molecule has 0 spiro atoms. The van der Waals surface area contributed by atoms with Gasteiger partial charge in [-0.3, -0.25) is 9.59 Å². The standard InChI is InChI=1S/C19H17ClN2O2S/c1-21(12-7-5-4-6-8-12)18(23)16-17(20)14-11-13(25-3)9-10-15(14)22(2)19(16)24/h4-11H,1-3H3. The molecule has 0 radical (unpaired) electrons. The summed E-state index contributed by atoms with van der Waals surface area (Å²) in [4.78, 5) is 28.2. The molecule has 3 aromatic rings. The Hall–Kier alpha value is -2.24. The van der Waals surface area contributed by atoms with Gasteiger partial charge in [-0.1, -0.05) is 29.8 Å². The number of aryl methyl sites for hydroxylation is 1. The van der Waals surface area contributed by atoms with E-state index < -0.39 is 11.5 Å². The Labute approximate surface area is 155 Å². The number of hydrogen-bond donors (Lipinski definition) is 0. The first-order valence-electron chi connectivity index (χ1n) is 7.65. The number of aromatic nitrogens is 1. The van der Waals surface area contributed by atoms with Gasteiger partial charge in [0.15, 0.2) is 0 Å². The number of nitrogens with zero attached hydrogens (tertiary/aromatic N) is 2. The number of amides is 1. The molecular formula is C19H17ClN2O2S. The molecule has 0 fully saturated rings. The van der Waals surface area contributed by atoms with Crippen LogP contribution in [0.5, 0.6) is 0 Å². The van der Waals surface area contributed by atoms with Gasteiger partial charge in [0, 0.05) is 30.1 Å². The number of pyridine rings is 1. The lowest BCUT2D eigenvalue weighted by molar-refractivity contribution is 0.0991. The van der Waals surface area contributed by atoms with Crippen molar-refractivity contribution in [3.8, 4) is 0 Å². The van der Waals surface area contributed by atoms with Crippen molar-refractivity contribution < 1.29 is 4.79 Å². The van der Waals surface area contributed by atoms with Crippen LogP contribution in [0.3, 0.4) is 0 Å². The summed E-state index contributed by atoms with van der Waals surface area (Å²) in [5.41, 5.74) is 0.985. The lowest BCUT2D eigenvalue weighted by Gasteiger charge is -2.19. The molecule has 3 rings (SSSR count). The first-order chi connectivity index (χ1) is 12.0. The fraction of sp³-hybridized carbons (Fsp3) is 0.158. The zero-order chi connectivity index (χ0) is 18.1. The van der Waals surface area contributed by atoms with Crippen LogP contribution in [0.4, 0.5) is 5.69 Å². The maximum Gasteiger partial charge on any atom is 0.265 e. The van der Waals surface area contributed by atoms with Crippen molar-refractivity contribution in [3.05, 3.63) is 69.5 Å². The molecule has 128 valence electrons. The average molecular weight is 373 g/mol. The minimum absolute atomic E-state index is 0.0127. The fourth-order valence-electron chi connectivity index (χ4n) is 2.74. The van der Waals surface area contributed by atoms with E-state index in [1.807, 2.05) is 54.8 Å². The van der Waals surface area contributed by atoms with E-state index in [-0.39, 0.29) is 10.6 Å². The number of hydrogen-bond acceptors (Lipinski definition) is 3. The van der Waals surface area contributed by atoms with Crippen LogP contribution in [0.2, 0.25) is 5.02 Å². The van der Waals surface area contributed by atoms with Gasteiger partial charge >= 0.3 is 0 Å². The predicted molar refractivity (Wildman–Crippen MR) is 105 cm³/mol. The second kappa shape index (κ2) is 6.94. The zero-order valence-electron chi connectivity index (χ0n) is 14.1. The average Bonchev–Trinajstić information content (AvgIpc) is 2.65. The van der Waals surface area contributed by atoms with Crippen LogP contribution in [0, 0.1) is 0 Å². The molecule has 0 aliphatic rings. The van der Waals surface area contributed by atoms with Gasteiger partial charge in [0.2, 0.25) is 0 Å². The molecule has 0 saturated carbocycles. The summed E-state index contributed by atoms with van der Waals surface area (Å²) < 4.78 is 1.47. The summed E-state index contributed by atoms with van der Waals surface area (Å²) in [6, 6.07) is 14.8. The number of halogens is 1. The molecule has 0 unspecified atom stereocenters. The number of benzene rings is 2. The van der Waals surface area contributed by atoms with E-state index in [0.29, 0.717) is 16.6 Å². The Bertz CT molecular complexity index is 1020. The normalized spacial score (nSPS) is 10.9. The molecule has 25 heavy (non-hydrogen) atoms. The number of anilines is 1. The number of fused-ring (bicyclic) bond motifs is 1. The molecule has 0 saturated heterocycles. The maximum absolute atomic E-state index is 13.0. The Morgan fingerprint density at radius 3 is 2.48 bits per heavy atom. The lowest BCUT2D eigenvalue weighted by atomic mass is 10.1. The van der Waals surface area contributed by atoms with Crippen molar-refractivity contribution in [3.63, 3.8) is 0 Å². The highest BCUT2D eigenvalue weighted by atomic mass is 35.5. The van der Waals surface area contributed by atoms with Crippen LogP contribution in [0.1, 0.15) is 10.4 Å². The van der Waals surface area contributed by atoms with Gasteiger partial charge in [0.25, 0.3) is 11.5 Å². The maximum atomic E-state index is 13.0. The quantitative estimate of drug-likeness (QED) is 0.647. The van der Waals surface area contributed by atoms with Gasteiger partial charge in [-0.25, -0.2) is 0 Å². The van der Waals surface area contributed by atoms with E-state index in [9.17, 15) is 9.59 Å². The smallest absolute Gasteiger partial charge is 0.265 e. The predicted octanol–water partition coefficient (Wildman–Crippen LogP) is 4.19. The van der Waals surface area contributed by atoms with Crippen molar-refractivity contribution in [1.82, 2.24) is 4.57 Å². The molecule has 1 aromatic heterocycles. The number of thioether (sulfide) groups is 1. The molecule has 4 nitrogen and oxygen atoms in total. The van der Waals surface area contributed by atoms with E-state index in [1.165, 1.54) is 9.47 Å². The highest BCUT2D eigenvalue weighted by Gasteiger charge is 2.24. The monoisotopic (exact) mass is 372 g/mol. The molecule has 0 aliphatic carbocycles. The van der Waals surface area contributed by atoms with Gasteiger partial charge in [0.1, 0.15) is 5.56 Å².